The predicted molar refractivity (Wildman–Crippen MR) is 163 cm³/mol. The Morgan fingerprint density at radius 3 is 1.51 bits per heavy atom. The van der Waals surface area contributed by atoms with Crippen molar-refractivity contribution in [1.29, 1.82) is 0 Å². The number of ether oxygens (including phenoxy) is 4. The lowest BCUT2D eigenvalue weighted by Crippen LogP contribution is -2.15. The second-order valence-electron chi connectivity index (χ2n) is 12.8. The molecule has 0 saturated carbocycles. The van der Waals surface area contributed by atoms with E-state index in [1.165, 1.54) is 5.56 Å². The van der Waals surface area contributed by atoms with E-state index in [-0.39, 0.29) is 29.8 Å². The fourth-order valence-electron chi connectivity index (χ4n) is 4.59. The highest BCUT2D eigenvalue weighted by atomic mass is 16.6. The molecule has 0 aliphatic carbocycles. The molecule has 0 radical (unpaired) electrons. The lowest BCUT2D eigenvalue weighted by atomic mass is 9.83. The first-order chi connectivity index (χ1) is 19.2. The Bertz CT molecular complexity index is 1110. The monoisotopic (exact) mass is 572 g/mol. The molecular formula is C34H52O7. The number of phenolic OH excluding ortho intramolecular Hbond substituents is 2. The van der Waals surface area contributed by atoms with Gasteiger partial charge in [-0.1, -0.05) is 65.8 Å². The van der Waals surface area contributed by atoms with Gasteiger partial charge in [0.15, 0.2) is 0 Å². The smallest absolute Gasteiger partial charge is 0.306 e. The van der Waals surface area contributed by atoms with E-state index in [2.05, 4.69) is 53.7 Å². The number of benzene rings is 2. The van der Waals surface area contributed by atoms with E-state index in [0.29, 0.717) is 57.6 Å². The van der Waals surface area contributed by atoms with Crippen molar-refractivity contribution in [2.24, 2.45) is 0 Å². The molecule has 0 aliphatic heterocycles. The van der Waals surface area contributed by atoms with Gasteiger partial charge in [-0.3, -0.25) is 4.79 Å². The fraction of sp³-hybridized carbons (Fsp3) is 0.618. The number of aromatic hydroxyl groups is 2. The molecule has 0 bridgehead atoms. The number of carbonyl (C=O) groups is 1. The summed E-state index contributed by atoms with van der Waals surface area (Å²) in [6.45, 7) is 19.4. The Balaban J connectivity index is 1.49. The van der Waals surface area contributed by atoms with Crippen LogP contribution in [0.1, 0.15) is 87.8 Å². The average Bonchev–Trinajstić information content (AvgIpc) is 2.87. The second-order valence-corrected chi connectivity index (χ2v) is 12.8. The zero-order chi connectivity index (χ0) is 30.6. The molecule has 0 amide bonds. The Kier molecular flexibility index (Phi) is 13.6. The van der Waals surface area contributed by atoms with E-state index >= 15 is 0 Å². The van der Waals surface area contributed by atoms with Gasteiger partial charge in [-0.2, -0.15) is 0 Å². The largest absolute Gasteiger partial charge is 0.507 e. The molecule has 0 aromatic heterocycles. The van der Waals surface area contributed by atoms with Crippen molar-refractivity contribution in [1.82, 2.24) is 0 Å². The number of aryl methyl sites for hydroxylation is 4. The van der Waals surface area contributed by atoms with Gasteiger partial charge >= 0.3 is 5.97 Å². The van der Waals surface area contributed by atoms with Gasteiger partial charge in [0, 0.05) is 13.0 Å². The van der Waals surface area contributed by atoms with E-state index in [4.69, 9.17) is 18.9 Å². The maximum atomic E-state index is 12.1. The minimum Gasteiger partial charge on any atom is -0.507 e. The molecule has 0 spiro atoms. The quantitative estimate of drug-likeness (QED) is 0.176. The molecular weight excluding hydrogens is 520 g/mol. The maximum Gasteiger partial charge on any atom is 0.306 e. The predicted octanol–water partition coefficient (Wildman–Crippen LogP) is 6.47. The van der Waals surface area contributed by atoms with Crippen LogP contribution in [0.5, 0.6) is 11.5 Å². The van der Waals surface area contributed by atoms with Crippen molar-refractivity contribution in [3.8, 4) is 11.5 Å². The summed E-state index contributed by atoms with van der Waals surface area (Å²) in [5.74, 6) is 0.455. The highest BCUT2D eigenvalue weighted by molar-refractivity contribution is 5.69. The van der Waals surface area contributed by atoms with Crippen LogP contribution in [0.2, 0.25) is 0 Å². The van der Waals surface area contributed by atoms with E-state index in [1.807, 2.05) is 26.0 Å². The first-order valence-electron chi connectivity index (χ1n) is 14.7. The molecule has 0 saturated heterocycles. The molecule has 2 rings (SSSR count). The van der Waals surface area contributed by atoms with Crippen molar-refractivity contribution in [3.63, 3.8) is 0 Å². The van der Waals surface area contributed by atoms with Crippen molar-refractivity contribution < 1.29 is 34.0 Å². The molecule has 2 aromatic rings. The number of carbonyl (C=O) groups excluding carboxylic acids is 1. The first kappa shape index (κ1) is 34.6. The van der Waals surface area contributed by atoms with Crippen LogP contribution in [0.25, 0.3) is 0 Å². The van der Waals surface area contributed by atoms with Crippen molar-refractivity contribution in [2.75, 3.05) is 46.2 Å². The first-order valence-corrected chi connectivity index (χ1v) is 14.7. The third-order valence-electron chi connectivity index (χ3n) is 6.94. The number of esters is 1. The number of hydrogen-bond donors (Lipinski definition) is 2. The van der Waals surface area contributed by atoms with E-state index in [0.717, 1.165) is 40.7 Å². The van der Waals surface area contributed by atoms with Crippen molar-refractivity contribution in [2.45, 2.75) is 91.9 Å². The topological polar surface area (TPSA) is 94.5 Å². The lowest BCUT2D eigenvalue weighted by molar-refractivity contribution is -0.145. The Hall–Kier alpha value is -2.61. The van der Waals surface area contributed by atoms with Gasteiger partial charge in [-0.25, -0.2) is 0 Å². The fourth-order valence-corrected chi connectivity index (χ4v) is 4.59. The van der Waals surface area contributed by atoms with Crippen LogP contribution in [0.15, 0.2) is 24.3 Å². The van der Waals surface area contributed by atoms with Crippen LogP contribution in [0.4, 0.5) is 0 Å². The molecule has 2 aromatic carbocycles. The average molecular weight is 573 g/mol. The zero-order valence-corrected chi connectivity index (χ0v) is 26.5. The molecule has 0 unspecified atom stereocenters. The molecule has 0 aliphatic rings. The van der Waals surface area contributed by atoms with E-state index in [1.54, 1.807) is 0 Å². The normalized spacial score (nSPS) is 12.1. The molecule has 230 valence electrons. The lowest BCUT2D eigenvalue weighted by Gasteiger charge is -2.22. The summed E-state index contributed by atoms with van der Waals surface area (Å²) >= 11 is 0. The standard InChI is InChI=1S/C34H52O7/c1-24-20-26(22-28(31(24)36)33(3,4)5)10-9-13-38-14-15-39-16-17-40-18-19-41-30(35)12-11-27-21-25(2)32(37)29(23-27)34(6,7)8/h20-23,36-37H,9-19H2,1-8H3. The summed E-state index contributed by atoms with van der Waals surface area (Å²) in [4.78, 5) is 12.1. The second kappa shape index (κ2) is 16.1. The van der Waals surface area contributed by atoms with Crippen LogP contribution in [-0.4, -0.2) is 62.4 Å². The summed E-state index contributed by atoms with van der Waals surface area (Å²) in [6, 6.07) is 8.06. The Morgan fingerprint density at radius 1 is 0.634 bits per heavy atom. The summed E-state index contributed by atoms with van der Waals surface area (Å²) < 4.78 is 22.0. The molecule has 41 heavy (non-hydrogen) atoms. The van der Waals surface area contributed by atoms with Gasteiger partial charge < -0.3 is 29.2 Å². The number of phenols is 2. The van der Waals surface area contributed by atoms with Crippen LogP contribution in [-0.2, 0) is 47.4 Å². The van der Waals surface area contributed by atoms with E-state index < -0.39 is 0 Å². The third kappa shape index (κ3) is 12.0. The summed E-state index contributed by atoms with van der Waals surface area (Å²) in [7, 11) is 0. The van der Waals surface area contributed by atoms with Crippen LogP contribution in [0.3, 0.4) is 0 Å². The SMILES string of the molecule is Cc1cc(CCCOCCOCCOCCOC(=O)CCc2cc(C)c(O)c(C(C)(C)C)c2)cc(C(C)(C)C)c1O. The number of hydrogen-bond acceptors (Lipinski definition) is 7. The molecule has 0 fully saturated rings. The van der Waals surface area contributed by atoms with Crippen LogP contribution in [0, 0.1) is 13.8 Å². The van der Waals surface area contributed by atoms with Gasteiger partial charge in [-0.05, 0) is 77.3 Å². The summed E-state index contributed by atoms with van der Waals surface area (Å²) in [6.07, 6.45) is 2.65. The maximum absolute atomic E-state index is 12.1. The van der Waals surface area contributed by atoms with Gasteiger partial charge in [0.1, 0.15) is 18.1 Å². The Labute approximate surface area is 247 Å². The Morgan fingerprint density at radius 2 is 1.05 bits per heavy atom. The van der Waals surface area contributed by atoms with Gasteiger partial charge in [0.05, 0.1) is 33.0 Å². The van der Waals surface area contributed by atoms with Gasteiger partial charge in [0.25, 0.3) is 0 Å². The third-order valence-corrected chi connectivity index (χ3v) is 6.94. The van der Waals surface area contributed by atoms with Gasteiger partial charge in [-0.15, -0.1) is 0 Å². The molecule has 7 nitrogen and oxygen atoms in total. The minimum absolute atomic E-state index is 0.0986. The number of rotatable bonds is 16. The van der Waals surface area contributed by atoms with E-state index in [9.17, 15) is 15.0 Å². The highest BCUT2D eigenvalue weighted by Gasteiger charge is 2.21. The van der Waals surface area contributed by atoms with Gasteiger partial charge in [0.2, 0.25) is 0 Å². The van der Waals surface area contributed by atoms with Crippen molar-refractivity contribution in [3.05, 3.63) is 57.6 Å². The summed E-state index contributed by atoms with van der Waals surface area (Å²) in [5, 5.41) is 20.7. The molecule has 2 N–H and O–H groups in total. The molecule has 0 atom stereocenters. The molecule has 7 heteroatoms. The zero-order valence-electron chi connectivity index (χ0n) is 26.5. The minimum atomic E-state index is -0.264. The molecule has 0 heterocycles. The highest BCUT2D eigenvalue weighted by Crippen LogP contribution is 2.35. The van der Waals surface area contributed by atoms with Crippen LogP contribution >= 0.6 is 0 Å². The van der Waals surface area contributed by atoms with Crippen molar-refractivity contribution >= 4 is 5.97 Å². The van der Waals surface area contributed by atoms with Crippen LogP contribution < -0.4 is 0 Å². The summed E-state index contributed by atoms with van der Waals surface area (Å²) in [5.41, 5.74) is 5.56.